The fourth-order valence-electron chi connectivity index (χ4n) is 3.55. The second kappa shape index (κ2) is 6.39. The fraction of sp³-hybridized carbons (Fsp3) is 0.500. The van der Waals surface area contributed by atoms with E-state index in [2.05, 4.69) is 52.7 Å². The molecule has 1 aliphatic carbocycles. The van der Waals surface area contributed by atoms with Gasteiger partial charge in [0, 0.05) is 12.6 Å². The summed E-state index contributed by atoms with van der Waals surface area (Å²) in [6.07, 6.45) is 5.52. The Hall–Kier alpha value is -1.38. The summed E-state index contributed by atoms with van der Waals surface area (Å²) in [5, 5.41) is 6.47. The smallest absolute Gasteiger partial charge is 0.0233 e. The minimum absolute atomic E-state index is 0.758. The van der Waals surface area contributed by atoms with Crippen molar-refractivity contribution in [3.8, 4) is 0 Å². The highest BCUT2D eigenvalue weighted by Crippen LogP contribution is 2.28. The molecule has 0 bridgehead atoms. The van der Waals surface area contributed by atoms with Crippen LogP contribution in [-0.4, -0.2) is 30.6 Å². The summed E-state index contributed by atoms with van der Waals surface area (Å²) in [4.78, 5) is 2.61. The van der Waals surface area contributed by atoms with E-state index in [0.29, 0.717) is 0 Å². The lowest BCUT2D eigenvalue weighted by Crippen LogP contribution is -2.42. The Bertz CT molecular complexity index is 624. The number of hydrogen-bond donors (Lipinski definition) is 1. The third-order valence-electron chi connectivity index (χ3n) is 5.20. The van der Waals surface area contributed by atoms with Gasteiger partial charge in [-0.15, -0.1) is 0 Å². The average molecular weight is 294 g/mol. The Morgan fingerprint density at radius 2 is 1.68 bits per heavy atom. The van der Waals surface area contributed by atoms with Crippen LogP contribution in [0.1, 0.15) is 31.2 Å². The molecule has 1 saturated heterocycles. The maximum absolute atomic E-state index is 3.77. The van der Waals surface area contributed by atoms with Crippen LogP contribution in [0.25, 0.3) is 10.8 Å². The van der Waals surface area contributed by atoms with Crippen LogP contribution in [-0.2, 0) is 6.54 Å². The Labute approximate surface area is 133 Å². The van der Waals surface area contributed by atoms with Gasteiger partial charge in [-0.2, -0.15) is 0 Å². The quantitative estimate of drug-likeness (QED) is 0.902. The van der Waals surface area contributed by atoms with Gasteiger partial charge < -0.3 is 5.32 Å². The van der Waals surface area contributed by atoms with Gasteiger partial charge in [-0.3, -0.25) is 4.90 Å². The van der Waals surface area contributed by atoms with Gasteiger partial charge in [0.15, 0.2) is 0 Å². The molecule has 2 aromatic carbocycles. The van der Waals surface area contributed by atoms with E-state index in [9.17, 15) is 0 Å². The van der Waals surface area contributed by atoms with Crippen LogP contribution in [0.2, 0.25) is 0 Å². The zero-order valence-corrected chi connectivity index (χ0v) is 13.3. The molecule has 0 spiro atoms. The van der Waals surface area contributed by atoms with Gasteiger partial charge >= 0.3 is 0 Å². The van der Waals surface area contributed by atoms with E-state index >= 15 is 0 Å². The number of fused-ring (bicyclic) bond motifs is 1. The molecule has 1 heterocycles. The van der Waals surface area contributed by atoms with E-state index in [1.807, 2.05) is 0 Å². The lowest BCUT2D eigenvalue weighted by Gasteiger charge is -2.32. The minimum Gasteiger partial charge on any atom is -0.314 e. The Morgan fingerprint density at radius 3 is 2.45 bits per heavy atom. The highest BCUT2D eigenvalue weighted by atomic mass is 15.1. The molecular formula is C20H26N2. The minimum atomic E-state index is 0.758. The van der Waals surface area contributed by atoms with Gasteiger partial charge in [-0.25, -0.2) is 0 Å². The van der Waals surface area contributed by atoms with Crippen molar-refractivity contribution >= 4 is 10.8 Å². The maximum Gasteiger partial charge on any atom is 0.0233 e. The third-order valence-corrected chi connectivity index (χ3v) is 5.20. The molecule has 2 aromatic rings. The highest BCUT2D eigenvalue weighted by Gasteiger charge is 2.24. The lowest BCUT2D eigenvalue weighted by molar-refractivity contribution is 0.190. The predicted octanol–water partition coefficient (Wildman–Crippen LogP) is 3.80. The molecule has 22 heavy (non-hydrogen) atoms. The van der Waals surface area contributed by atoms with Crippen molar-refractivity contribution < 1.29 is 0 Å². The first-order valence-electron chi connectivity index (χ1n) is 8.80. The monoisotopic (exact) mass is 294 g/mol. The van der Waals surface area contributed by atoms with Crippen LogP contribution < -0.4 is 5.32 Å². The lowest BCUT2D eigenvalue weighted by atomic mass is 10.0. The Balaban J connectivity index is 1.31. The van der Waals surface area contributed by atoms with E-state index < -0.39 is 0 Å². The van der Waals surface area contributed by atoms with Gasteiger partial charge in [0.1, 0.15) is 0 Å². The molecule has 4 rings (SSSR count). The average Bonchev–Trinajstić information content (AvgIpc) is 3.38. The number of likely N-dealkylation sites (tertiary alicyclic amines) is 1. The molecule has 2 fully saturated rings. The molecule has 1 saturated carbocycles. The molecule has 116 valence electrons. The Kier molecular flexibility index (Phi) is 4.13. The molecule has 0 aromatic heterocycles. The van der Waals surface area contributed by atoms with E-state index in [1.165, 1.54) is 61.7 Å². The SMILES string of the molecule is c1ccc2cc(CN3CCC(NCC4CC4)CC3)ccc2c1. The summed E-state index contributed by atoms with van der Waals surface area (Å²) >= 11 is 0. The number of nitrogens with one attached hydrogen (secondary N) is 1. The summed E-state index contributed by atoms with van der Waals surface area (Å²) in [5.74, 6) is 0.996. The summed E-state index contributed by atoms with van der Waals surface area (Å²) in [5.41, 5.74) is 1.45. The molecule has 2 aliphatic rings. The Morgan fingerprint density at radius 1 is 0.909 bits per heavy atom. The summed E-state index contributed by atoms with van der Waals surface area (Å²) in [7, 11) is 0. The molecule has 2 heteroatoms. The number of piperidine rings is 1. The molecular weight excluding hydrogens is 268 g/mol. The molecule has 0 atom stereocenters. The second-order valence-electron chi connectivity index (χ2n) is 7.08. The van der Waals surface area contributed by atoms with Crippen molar-refractivity contribution in [3.63, 3.8) is 0 Å². The standard InChI is InChI=1S/C20H26N2/c1-2-4-19-13-17(7-8-18(19)3-1)15-22-11-9-20(10-12-22)21-14-16-5-6-16/h1-4,7-8,13,16,20-21H,5-6,9-12,14-15H2. The largest absolute Gasteiger partial charge is 0.314 e. The summed E-state index contributed by atoms with van der Waals surface area (Å²) in [6, 6.07) is 16.3. The molecule has 0 unspecified atom stereocenters. The van der Waals surface area contributed by atoms with E-state index in [1.54, 1.807) is 0 Å². The molecule has 1 N–H and O–H groups in total. The van der Waals surface area contributed by atoms with Crippen molar-refractivity contribution in [1.29, 1.82) is 0 Å². The molecule has 2 nitrogen and oxygen atoms in total. The van der Waals surface area contributed by atoms with Gasteiger partial charge in [0.2, 0.25) is 0 Å². The summed E-state index contributed by atoms with van der Waals surface area (Å²) < 4.78 is 0. The van der Waals surface area contributed by atoms with Crippen LogP contribution in [0.3, 0.4) is 0 Å². The predicted molar refractivity (Wildman–Crippen MR) is 93.0 cm³/mol. The van der Waals surface area contributed by atoms with Gasteiger partial charge in [0.05, 0.1) is 0 Å². The number of hydrogen-bond acceptors (Lipinski definition) is 2. The zero-order valence-electron chi connectivity index (χ0n) is 13.3. The number of nitrogens with zero attached hydrogens (tertiary/aromatic N) is 1. The van der Waals surface area contributed by atoms with Crippen LogP contribution in [0.15, 0.2) is 42.5 Å². The van der Waals surface area contributed by atoms with Crippen LogP contribution in [0.4, 0.5) is 0 Å². The van der Waals surface area contributed by atoms with Gasteiger partial charge in [0.25, 0.3) is 0 Å². The first-order chi connectivity index (χ1) is 10.9. The van der Waals surface area contributed by atoms with Crippen molar-refractivity contribution in [1.82, 2.24) is 10.2 Å². The van der Waals surface area contributed by atoms with Gasteiger partial charge in [-0.05, 0) is 73.6 Å². The summed E-state index contributed by atoms with van der Waals surface area (Å²) in [6.45, 7) is 4.82. The zero-order chi connectivity index (χ0) is 14.8. The molecule has 0 amide bonds. The molecule has 1 aliphatic heterocycles. The topological polar surface area (TPSA) is 15.3 Å². The van der Waals surface area contributed by atoms with E-state index in [4.69, 9.17) is 0 Å². The fourth-order valence-corrected chi connectivity index (χ4v) is 3.55. The van der Waals surface area contributed by atoms with Crippen LogP contribution >= 0.6 is 0 Å². The van der Waals surface area contributed by atoms with Crippen LogP contribution in [0.5, 0.6) is 0 Å². The first kappa shape index (κ1) is 14.2. The van der Waals surface area contributed by atoms with Crippen LogP contribution in [0, 0.1) is 5.92 Å². The normalized spacial score (nSPS) is 20.5. The van der Waals surface area contributed by atoms with E-state index in [0.717, 1.165) is 18.5 Å². The maximum atomic E-state index is 3.77. The van der Waals surface area contributed by atoms with Crippen molar-refractivity contribution in [3.05, 3.63) is 48.0 Å². The number of rotatable bonds is 5. The van der Waals surface area contributed by atoms with E-state index in [-0.39, 0.29) is 0 Å². The third kappa shape index (κ3) is 3.50. The first-order valence-corrected chi connectivity index (χ1v) is 8.80. The number of benzene rings is 2. The highest BCUT2D eigenvalue weighted by molar-refractivity contribution is 5.82. The van der Waals surface area contributed by atoms with Crippen molar-refractivity contribution in [2.45, 2.75) is 38.3 Å². The van der Waals surface area contributed by atoms with Crippen molar-refractivity contribution in [2.75, 3.05) is 19.6 Å². The molecule has 0 radical (unpaired) electrons. The van der Waals surface area contributed by atoms with Gasteiger partial charge in [-0.1, -0.05) is 36.4 Å². The second-order valence-corrected chi connectivity index (χ2v) is 7.08. The van der Waals surface area contributed by atoms with Crippen molar-refractivity contribution in [2.24, 2.45) is 5.92 Å².